The minimum atomic E-state index is -0.868. The topological polar surface area (TPSA) is 76.0 Å². The van der Waals surface area contributed by atoms with Crippen LogP contribution in [0.25, 0.3) is 0 Å². The van der Waals surface area contributed by atoms with Crippen LogP contribution in [0.5, 0.6) is 0 Å². The highest BCUT2D eigenvalue weighted by Crippen LogP contribution is 2.24. The van der Waals surface area contributed by atoms with E-state index < -0.39 is 23.2 Å². The second-order valence-corrected chi connectivity index (χ2v) is 6.15. The Balaban J connectivity index is 1.93. The maximum atomic E-state index is 13.8. The van der Waals surface area contributed by atoms with Gasteiger partial charge in [-0.2, -0.15) is 0 Å². The van der Waals surface area contributed by atoms with Crippen molar-refractivity contribution in [2.24, 2.45) is 0 Å². The zero-order valence-corrected chi connectivity index (χ0v) is 14.4. The van der Waals surface area contributed by atoms with Gasteiger partial charge in [0, 0.05) is 13.1 Å². The number of rotatable bonds is 5. The second kappa shape index (κ2) is 7.63. The van der Waals surface area contributed by atoms with E-state index in [4.69, 9.17) is 0 Å². The van der Waals surface area contributed by atoms with Crippen LogP contribution in [0.1, 0.15) is 53.0 Å². The lowest BCUT2D eigenvalue weighted by molar-refractivity contribution is 0.0937. The van der Waals surface area contributed by atoms with Gasteiger partial charge < -0.3 is 15.2 Å². The number of nitrogens with zero attached hydrogens (tertiary/aromatic N) is 2. The van der Waals surface area contributed by atoms with Gasteiger partial charge in [-0.15, -0.1) is 0 Å². The Morgan fingerprint density at radius 3 is 2.62 bits per heavy atom. The maximum absolute atomic E-state index is 13.8. The van der Waals surface area contributed by atoms with Crippen molar-refractivity contribution in [1.29, 1.82) is 0 Å². The summed E-state index contributed by atoms with van der Waals surface area (Å²) in [7, 11) is 0. The van der Waals surface area contributed by atoms with Gasteiger partial charge in [0.2, 0.25) is 0 Å². The smallest absolute Gasteiger partial charge is 0.287 e. The minimum Gasteiger partial charge on any atom is -0.349 e. The van der Waals surface area contributed by atoms with Crippen LogP contribution in [0.2, 0.25) is 0 Å². The molecule has 138 valence electrons. The molecule has 8 heteroatoms. The standard InChI is InChI=1S/C18H20F2N4O2/c1-2-9-21-18(26)16-22-15(13-8-3-4-10-24(13)16)17(25)23-14-11(19)6-5-7-12(14)20/h5-7H,2-4,8-10H2,1H3,(H,21,26)(H,23,25). The molecule has 2 aromatic rings. The number of carbonyl (C=O) groups is 2. The Morgan fingerprint density at radius 1 is 1.19 bits per heavy atom. The van der Waals surface area contributed by atoms with E-state index in [0.29, 0.717) is 25.2 Å². The normalized spacial score (nSPS) is 13.2. The van der Waals surface area contributed by atoms with Crippen LogP contribution in [0.15, 0.2) is 18.2 Å². The fraction of sp³-hybridized carbons (Fsp3) is 0.389. The van der Waals surface area contributed by atoms with E-state index in [1.165, 1.54) is 6.07 Å². The molecule has 0 spiro atoms. The van der Waals surface area contributed by atoms with Crippen LogP contribution in [-0.4, -0.2) is 27.9 Å². The summed E-state index contributed by atoms with van der Waals surface area (Å²) in [6, 6.07) is 3.34. The average molecular weight is 362 g/mol. The number of anilines is 1. The van der Waals surface area contributed by atoms with Gasteiger partial charge in [0.05, 0.1) is 5.69 Å². The Bertz CT molecular complexity index is 828. The van der Waals surface area contributed by atoms with Gasteiger partial charge in [-0.1, -0.05) is 13.0 Å². The number of imidazole rings is 1. The van der Waals surface area contributed by atoms with E-state index in [9.17, 15) is 18.4 Å². The van der Waals surface area contributed by atoms with Crippen molar-refractivity contribution in [2.75, 3.05) is 11.9 Å². The third-order valence-electron chi connectivity index (χ3n) is 4.27. The average Bonchev–Trinajstić information content (AvgIpc) is 3.02. The number of aromatic nitrogens is 2. The summed E-state index contributed by atoms with van der Waals surface area (Å²) in [5.74, 6) is -2.66. The summed E-state index contributed by atoms with van der Waals surface area (Å²) < 4.78 is 29.3. The van der Waals surface area contributed by atoms with E-state index in [1.807, 2.05) is 6.92 Å². The number of halogens is 2. The molecule has 0 saturated carbocycles. The summed E-state index contributed by atoms with van der Waals surface area (Å²) in [6.07, 6.45) is 3.09. The van der Waals surface area contributed by atoms with Gasteiger partial charge in [0.25, 0.3) is 11.8 Å². The number of fused-ring (bicyclic) bond motifs is 1. The molecule has 1 aliphatic heterocycles. The Kier molecular flexibility index (Phi) is 5.29. The van der Waals surface area contributed by atoms with Crippen molar-refractivity contribution in [2.45, 2.75) is 39.2 Å². The molecular formula is C18H20F2N4O2. The van der Waals surface area contributed by atoms with Gasteiger partial charge in [0.1, 0.15) is 17.3 Å². The second-order valence-electron chi connectivity index (χ2n) is 6.15. The summed E-state index contributed by atoms with van der Waals surface area (Å²) in [5.41, 5.74) is 0.133. The zero-order valence-electron chi connectivity index (χ0n) is 14.4. The molecule has 0 bridgehead atoms. The van der Waals surface area contributed by atoms with Crippen LogP contribution < -0.4 is 10.6 Å². The molecule has 0 saturated heterocycles. The van der Waals surface area contributed by atoms with Gasteiger partial charge >= 0.3 is 0 Å². The van der Waals surface area contributed by atoms with Gasteiger partial charge in [0.15, 0.2) is 11.5 Å². The molecule has 2 N–H and O–H groups in total. The van der Waals surface area contributed by atoms with E-state index in [1.54, 1.807) is 4.57 Å². The SMILES string of the molecule is CCCNC(=O)c1nc(C(=O)Nc2c(F)cccc2F)c2n1CCCC2. The molecule has 2 heterocycles. The molecule has 0 radical (unpaired) electrons. The van der Waals surface area contributed by atoms with E-state index in [2.05, 4.69) is 15.6 Å². The van der Waals surface area contributed by atoms with E-state index >= 15 is 0 Å². The highest BCUT2D eigenvalue weighted by Gasteiger charge is 2.28. The molecule has 0 aliphatic carbocycles. The quantitative estimate of drug-likeness (QED) is 0.859. The molecule has 0 atom stereocenters. The third-order valence-corrected chi connectivity index (χ3v) is 4.27. The van der Waals surface area contributed by atoms with Crippen molar-refractivity contribution >= 4 is 17.5 Å². The van der Waals surface area contributed by atoms with Crippen molar-refractivity contribution in [3.05, 3.63) is 47.0 Å². The minimum absolute atomic E-state index is 0.0361. The number of para-hydroxylation sites is 1. The number of benzene rings is 1. The molecule has 3 rings (SSSR count). The summed E-state index contributed by atoms with van der Waals surface area (Å²) in [6.45, 7) is 3.02. The van der Waals surface area contributed by atoms with Crippen LogP contribution in [0.3, 0.4) is 0 Å². The van der Waals surface area contributed by atoms with Crippen LogP contribution >= 0.6 is 0 Å². The molecule has 1 aliphatic rings. The fourth-order valence-corrected chi connectivity index (χ4v) is 3.01. The van der Waals surface area contributed by atoms with Crippen molar-refractivity contribution in [3.8, 4) is 0 Å². The first-order chi connectivity index (χ1) is 12.5. The van der Waals surface area contributed by atoms with E-state index in [0.717, 1.165) is 31.4 Å². The molecule has 6 nitrogen and oxygen atoms in total. The first-order valence-corrected chi connectivity index (χ1v) is 8.66. The Hall–Kier alpha value is -2.77. The molecule has 0 unspecified atom stereocenters. The van der Waals surface area contributed by atoms with E-state index in [-0.39, 0.29) is 17.4 Å². The number of nitrogens with one attached hydrogen (secondary N) is 2. The Morgan fingerprint density at radius 2 is 1.92 bits per heavy atom. The summed E-state index contributed by atoms with van der Waals surface area (Å²) in [4.78, 5) is 29.1. The van der Waals surface area contributed by atoms with Crippen molar-refractivity contribution in [3.63, 3.8) is 0 Å². The molecule has 1 aromatic carbocycles. The lowest BCUT2D eigenvalue weighted by Gasteiger charge is -2.17. The van der Waals surface area contributed by atoms with Crippen LogP contribution in [0.4, 0.5) is 14.5 Å². The van der Waals surface area contributed by atoms with Crippen molar-refractivity contribution in [1.82, 2.24) is 14.9 Å². The molecular weight excluding hydrogens is 342 g/mol. The lowest BCUT2D eigenvalue weighted by atomic mass is 10.1. The third kappa shape index (κ3) is 3.44. The van der Waals surface area contributed by atoms with Gasteiger partial charge in [-0.3, -0.25) is 9.59 Å². The summed E-state index contributed by atoms with van der Waals surface area (Å²) >= 11 is 0. The number of carbonyl (C=O) groups excluding carboxylic acids is 2. The van der Waals surface area contributed by atoms with Gasteiger partial charge in [-0.05, 0) is 37.8 Å². The molecule has 2 amide bonds. The Labute approximate surface area is 149 Å². The number of amides is 2. The molecule has 1 aromatic heterocycles. The first kappa shape index (κ1) is 18.0. The molecule has 0 fully saturated rings. The highest BCUT2D eigenvalue weighted by molar-refractivity contribution is 6.05. The first-order valence-electron chi connectivity index (χ1n) is 8.66. The fourth-order valence-electron chi connectivity index (χ4n) is 3.01. The molecule has 26 heavy (non-hydrogen) atoms. The maximum Gasteiger partial charge on any atom is 0.287 e. The zero-order chi connectivity index (χ0) is 18.7. The predicted octanol–water partition coefficient (Wildman–Crippen LogP) is 2.89. The summed E-state index contributed by atoms with van der Waals surface area (Å²) in [5, 5.41) is 4.99. The number of hydrogen-bond donors (Lipinski definition) is 2. The van der Waals surface area contributed by atoms with Crippen LogP contribution in [-0.2, 0) is 13.0 Å². The van der Waals surface area contributed by atoms with Gasteiger partial charge in [-0.25, -0.2) is 13.8 Å². The predicted molar refractivity (Wildman–Crippen MR) is 92.1 cm³/mol. The largest absolute Gasteiger partial charge is 0.349 e. The lowest BCUT2D eigenvalue weighted by Crippen LogP contribution is -2.28. The van der Waals surface area contributed by atoms with Crippen molar-refractivity contribution < 1.29 is 18.4 Å². The number of hydrogen-bond acceptors (Lipinski definition) is 3. The monoisotopic (exact) mass is 362 g/mol. The van der Waals surface area contributed by atoms with Crippen LogP contribution in [0, 0.1) is 11.6 Å². The highest BCUT2D eigenvalue weighted by atomic mass is 19.1.